The van der Waals surface area contributed by atoms with E-state index in [1.165, 1.54) is 0 Å². The standard InChI is InChI=1S/C18H20N2O4.C2HF3O2/c1-12-14(6-9-22-12)18(21)20-8-10-23-17-15(20)4-5-16(17)24-13-3-2-7-19-11-13;3-2(4,5)1(6)7/h2-3,6-7,9,11,15-17H,4-5,8,10H2,1H3;(H,6,7)/t15-,16+,17+;/m0./s1. The number of furan rings is 1. The maximum Gasteiger partial charge on any atom is 0.490 e. The van der Waals surface area contributed by atoms with Crippen molar-refractivity contribution in [3.8, 4) is 5.75 Å². The van der Waals surface area contributed by atoms with Gasteiger partial charge in [0.1, 0.15) is 23.7 Å². The number of fused-ring (bicyclic) bond motifs is 1. The number of carbonyl (C=O) groups excluding carboxylic acids is 1. The van der Waals surface area contributed by atoms with Crippen molar-refractivity contribution in [2.24, 2.45) is 0 Å². The SMILES string of the molecule is Cc1occc1C(=O)N1CCO[C@H]2[C@H](Oc3cccnc3)CC[C@@H]21.O=C(O)C(F)(F)F. The number of carboxylic acids is 1. The zero-order valence-electron chi connectivity index (χ0n) is 16.5. The van der Waals surface area contributed by atoms with E-state index in [9.17, 15) is 18.0 Å². The van der Waals surface area contributed by atoms with Crippen LogP contribution in [0.1, 0.15) is 29.0 Å². The second-order valence-corrected chi connectivity index (χ2v) is 7.02. The summed E-state index contributed by atoms with van der Waals surface area (Å²) in [7, 11) is 0. The summed E-state index contributed by atoms with van der Waals surface area (Å²) in [6, 6.07) is 5.52. The van der Waals surface area contributed by atoms with Crippen molar-refractivity contribution >= 4 is 11.9 Å². The van der Waals surface area contributed by atoms with Gasteiger partial charge in [-0.15, -0.1) is 0 Å². The van der Waals surface area contributed by atoms with E-state index in [4.69, 9.17) is 23.8 Å². The zero-order chi connectivity index (χ0) is 22.6. The number of morpholine rings is 1. The van der Waals surface area contributed by atoms with Gasteiger partial charge in [0.2, 0.25) is 0 Å². The lowest BCUT2D eigenvalue weighted by molar-refractivity contribution is -0.192. The maximum atomic E-state index is 12.8. The van der Waals surface area contributed by atoms with E-state index in [0.717, 1.165) is 18.6 Å². The Morgan fingerprint density at radius 2 is 2.03 bits per heavy atom. The molecule has 0 spiro atoms. The Morgan fingerprint density at radius 3 is 2.61 bits per heavy atom. The Balaban J connectivity index is 0.000000339. The number of aromatic nitrogens is 1. The number of halogens is 3. The number of nitrogens with zero attached hydrogens (tertiary/aromatic N) is 2. The number of ether oxygens (including phenoxy) is 2. The Labute approximate surface area is 175 Å². The minimum Gasteiger partial charge on any atom is -0.486 e. The Morgan fingerprint density at radius 1 is 1.29 bits per heavy atom. The van der Waals surface area contributed by atoms with E-state index in [1.807, 2.05) is 24.0 Å². The third kappa shape index (κ3) is 5.35. The van der Waals surface area contributed by atoms with E-state index in [2.05, 4.69) is 4.98 Å². The number of carboxylic acid groups (broad SMARTS) is 1. The molecule has 11 heteroatoms. The quantitative estimate of drug-likeness (QED) is 0.780. The molecule has 1 amide bonds. The lowest BCUT2D eigenvalue weighted by atomic mass is 10.1. The molecule has 1 saturated heterocycles. The number of hydrogen-bond donors (Lipinski definition) is 1. The number of amides is 1. The van der Waals surface area contributed by atoms with Crippen molar-refractivity contribution in [1.82, 2.24) is 9.88 Å². The number of pyridine rings is 1. The molecule has 8 nitrogen and oxygen atoms in total. The highest BCUT2D eigenvalue weighted by Crippen LogP contribution is 2.34. The summed E-state index contributed by atoms with van der Waals surface area (Å²) < 4.78 is 49.0. The fourth-order valence-electron chi connectivity index (χ4n) is 3.65. The molecule has 31 heavy (non-hydrogen) atoms. The minimum atomic E-state index is -5.08. The molecule has 0 radical (unpaired) electrons. The highest BCUT2D eigenvalue weighted by atomic mass is 19.4. The molecule has 0 aromatic carbocycles. The van der Waals surface area contributed by atoms with Crippen LogP contribution in [-0.4, -0.2) is 64.4 Å². The van der Waals surface area contributed by atoms with E-state index in [-0.39, 0.29) is 24.2 Å². The fourth-order valence-corrected chi connectivity index (χ4v) is 3.65. The van der Waals surface area contributed by atoms with Crippen LogP contribution in [0.5, 0.6) is 5.75 Å². The van der Waals surface area contributed by atoms with Crippen molar-refractivity contribution < 1.29 is 41.8 Å². The lowest BCUT2D eigenvalue weighted by Crippen LogP contribution is -2.54. The molecule has 3 heterocycles. The number of hydrogen-bond acceptors (Lipinski definition) is 6. The molecule has 0 bridgehead atoms. The molecule has 0 unspecified atom stereocenters. The molecule has 168 valence electrons. The molecule has 1 N–H and O–H groups in total. The Kier molecular flexibility index (Phi) is 6.84. The van der Waals surface area contributed by atoms with Gasteiger partial charge in [0.15, 0.2) is 0 Å². The third-order valence-corrected chi connectivity index (χ3v) is 5.05. The number of aliphatic carboxylic acids is 1. The Hall–Kier alpha value is -3.08. The van der Waals surface area contributed by atoms with Gasteiger partial charge < -0.3 is 23.9 Å². The average molecular weight is 442 g/mol. The van der Waals surface area contributed by atoms with Gasteiger partial charge in [0.25, 0.3) is 5.91 Å². The zero-order valence-corrected chi connectivity index (χ0v) is 16.5. The van der Waals surface area contributed by atoms with Crippen LogP contribution >= 0.6 is 0 Å². The number of carbonyl (C=O) groups is 2. The molecular formula is C20H21F3N2O6. The number of rotatable bonds is 3. The van der Waals surface area contributed by atoms with Gasteiger partial charge in [-0.05, 0) is 38.0 Å². The molecular weight excluding hydrogens is 421 g/mol. The maximum absolute atomic E-state index is 12.8. The summed E-state index contributed by atoms with van der Waals surface area (Å²) >= 11 is 0. The monoisotopic (exact) mass is 442 g/mol. The predicted molar refractivity (Wildman–Crippen MR) is 99.6 cm³/mol. The summed E-state index contributed by atoms with van der Waals surface area (Å²) in [6.45, 7) is 2.94. The lowest BCUT2D eigenvalue weighted by Gasteiger charge is -2.38. The van der Waals surface area contributed by atoms with E-state index >= 15 is 0 Å². The summed E-state index contributed by atoms with van der Waals surface area (Å²) in [5, 5.41) is 7.12. The molecule has 1 aliphatic carbocycles. The second-order valence-electron chi connectivity index (χ2n) is 7.02. The van der Waals surface area contributed by atoms with Gasteiger partial charge in [-0.25, -0.2) is 4.79 Å². The molecule has 3 atom stereocenters. The molecule has 2 aromatic heterocycles. The van der Waals surface area contributed by atoms with E-state index < -0.39 is 12.1 Å². The van der Waals surface area contributed by atoms with Crippen molar-refractivity contribution in [1.29, 1.82) is 0 Å². The van der Waals surface area contributed by atoms with Gasteiger partial charge in [-0.2, -0.15) is 13.2 Å². The van der Waals surface area contributed by atoms with Crippen molar-refractivity contribution in [2.75, 3.05) is 13.2 Å². The summed E-state index contributed by atoms with van der Waals surface area (Å²) in [4.78, 5) is 27.7. The predicted octanol–water partition coefficient (Wildman–Crippen LogP) is 3.07. The Bertz CT molecular complexity index is 902. The van der Waals surface area contributed by atoms with Gasteiger partial charge in [0, 0.05) is 12.7 Å². The molecule has 2 fully saturated rings. The fraction of sp³-hybridized carbons (Fsp3) is 0.450. The summed E-state index contributed by atoms with van der Waals surface area (Å²) in [5.41, 5.74) is 0.632. The van der Waals surface area contributed by atoms with Crippen LogP contribution in [0.3, 0.4) is 0 Å². The molecule has 1 saturated carbocycles. The van der Waals surface area contributed by atoms with Crippen LogP contribution in [0.4, 0.5) is 13.2 Å². The third-order valence-electron chi connectivity index (χ3n) is 5.05. The van der Waals surface area contributed by atoms with Gasteiger partial charge in [-0.3, -0.25) is 9.78 Å². The molecule has 2 aromatic rings. The topological polar surface area (TPSA) is 102 Å². The first-order chi connectivity index (χ1) is 14.7. The molecule has 1 aliphatic heterocycles. The molecule has 2 aliphatic rings. The van der Waals surface area contributed by atoms with Crippen molar-refractivity contribution in [2.45, 2.75) is 44.2 Å². The van der Waals surface area contributed by atoms with Crippen molar-refractivity contribution in [3.63, 3.8) is 0 Å². The first kappa shape index (κ1) is 22.6. The first-order valence-corrected chi connectivity index (χ1v) is 9.52. The highest BCUT2D eigenvalue weighted by molar-refractivity contribution is 5.95. The first-order valence-electron chi connectivity index (χ1n) is 9.52. The van der Waals surface area contributed by atoms with Crippen LogP contribution in [0.25, 0.3) is 0 Å². The van der Waals surface area contributed by atoms with Gasteiger partial charge in [0.05, 0.1) is 30.7 Å². The average Bonchev–Trinajstić information content (AvgIpc) is 3.34. The van der Waals surface area contributed by atoms with Crippen LogP contribution < -0.4 is 4.74 Å². The van der Waals surface area contributed by atoms with Gasteiger partial charge >= 0.3 is 12.1 Å². The van der Waals surface area contributed by atoms with Crippen molar-refractivity contribution in [3.05, 3.63) is 48.2 Å². The van der Waals surface area contributed by atoms with Gasteiger partial charge in [-0.1, -0.05) is 0 Å². The second kappa shape index (κ2) is 9.38. The minimum absolute atomic E-state index is 0.0153. The van der Waals surface area contributed by atoms with Crippen LogP contribution in [0, 0.1) is 6.92 Å². The largest absolute Gasteiger partial charge is 0.490 e. The number of aryl methyl sites for hydroxylation is 1. The smallest absolute Gasteiger partial charge is 0.486 e. The number of alkyl halides is 3. The highest BCUT2D eigenvalue weighted by Gasteiger charge is 2.46. The molecule has 4 rings (SSSR count). The van der Waals surface area contributed by atoms with E-state index in [0.29, 0.717) is 24.5 Å². The van der Waals surface area contributed by atoms with Crippen LogP contribution in [0.15, 0.2) is 41.3 Å². The summed E-state index contributed by atoms with van der Waals surface area (Å²) in [5.74, 6) is -1.35. The summed E-state index contributed by atoms with van der Waals surface area (Å²) in [6.07, 6.45) is 1.47. The normalized spacial score (nSPS) is 22.8. The van der Waals surface area contributed by atoms with E-state index in [1.54, 1.807) is 24.7 Å². The van der Waals surface area contributed by atoms with Crippen LogP contribution in [0.2, 0.25) is 0 Å². The van der Waals surface area contributed by atoms with Crippen LogP contribution in [-0.2, 0) is 9.53 Å².